The van der Waals surface area contributed by atoms with Crippen molar-refractivity contribution < 1.29 is 51.5 Å². The third-order valence-electron chi connectivity index (χ3n) is 7.42. The van der Waals surface area contributed by atoms with Crippen molar-refractivity contribution in [3.63, 3.8) is 0 Å². The van der Waals surface area contributed by atoms with E-state index in [0.717, 1.165) is 17.1 Å². The number of ether oxygens (including phenoxy) is 3. The largest absolute Gasteiger partial charge is 0.870 e. The summed E-state index contributed by atoms with van der Waals surface area (Å²) in [5.74, 6) is -1.17. The van der Waals surface area contributed by atoms with Gasteiger partial charge >= 0.3 is 12.6 Å². The van der Waals surface area contributed by atoms with Crippen LogP contribution in [0.5, 0.6) is 11.5 Å². The lowest BCUT2D eigenvalue weighted by Gasteiger charge is -2.26. The Labute approximate surface area is 281 Å². The number of H-pyrrole nitrogens is 1. The molecule has 1 saturated carbocycles. The van der Waals surface area contributed by atoms with Gasteiger partial charge < -0.3 is 24.6 Å². The second kappa shape index (κ2) is 16.0. The van der Waals surface area contributed by atoms with E-state index in [1.165, 1.54) is 73.7 Å². The van der Waals surface area contributed by atoms with Crippen LogP contribution < -0.4 is 14.5 Å². The number of alkyl halides is 2. The van der Waals surface area contributed by atoms with Gasteiger partial charge in [0, 0.05) is 38.7 Å². The molecule has 2 atom stereocenters. The van der Waals surface area contributed by atoms with Crippen molar-refractivity contribution >= 4 is 45.1 Å². The molecule has 2 aromatic carbocycles. The predicted octanol–water partition coefficient (Wildman–Crippen LogP) is 5.26. The first kappa shape index (κ1) is 37.9. The molecule has 1 aromatic heterocycles. The third-order valence-corrected chi connectivity index (χ3v) is 10.0. The third kappa shape index (κ3) is 9.51. The monoisotopic (exact) mass is 717 g/mol. The molecule has 2 N–H and O–H groups in total. The summed E-state index contributed by atoms with van der Waals surface area (Å²) in [6, 6.07) is 8.31. The van der Waals surface area contributed by atoms with Gasteiger partial charge in [0.1, 0.15) is 22.2 Å². The summed E-state index contributed by atoms with van der Waals surface area (Å²) >= 11 is 12.8. The molecule has 47 heavy (non-hydrogen) atoms. The van der Waals surface area contributed by atoms with Crippen LogP contribution >= 0.6 is 23.2 Å². The van der Waals surface area contributed by atoms with E-state index in [2.05, 4.69) is 9.72 Å². The highest BCUT2D eigenvalue weighted by Crippen LogP contribution is 2.38. The number of pyridine rings is 1. The Morgan fingerprint density at radius 2 is 1.68 bits per heavy atom. The first-order valence-corrected chi connectivity index (χ1v) is 16.4. The Morgan fingerprint density at radius 3 is 2.28 bits per heavy atom. The zero-order valence-electron chi connectivity index (χ0n) is 26.0. The van der Waals surface area contributed by atoms with Crippen molar-refractivity contribution in [3.8, 4) is 11.5 Å². The lowest BCUT2D eigenvalue weighted by atomic mass is 10.0. The minimum absolute atomic E-state index is 0. The van der Waals surface area contributed by atoms with Crippen LogP contribution in [0.25, 0.3) is 0 Å². The van der Waals surface area contributed by atoms with E-state index in [4.69, 9.17) is 32.7 Å². The van der Waals surface area contributed by atoms with Crippen molar-refractivity contribution in [1.82, 2.24) is 9.21 Å². The van der Waals surface area contributed by atoms with Crippen molar-refractivity contribution in [2.45, 2.75) is 49.8 Å². The van der Waals surface area contributed by atoms with Gasteiger partial charge in [-0.05, 0) is 61.6 Å². The summed E-state index contributed by atoms with van der Waals surface area (Å²) in [5.41, 5.74) is 0.917. The molecule has 0 saturated heterocycles. The number of carbonyl (C=O) groups is 2. The van der Waals surface area contributed by atoms with Crippen LogP contribution in [0.2, 0.25) is 10.0 Å². The van der Waals surface area contributed by atoms with Crippen LogP contribution in [0.15, 0.2) is 59.8 Å². The lowest BCUT2D eigenvalue weighted by Crippen LogP contribution is -2.41. The zero-order valence-corrected chi connectivity index (χ0v) is 28.3. The van der Waals surface area contributed by atoms with E-state index in [-0.39, 0.29) is 43.9 Å². The van der Waals surface area contributed by atoms with Gasteiger partial charge in [-0.25, -0.2) is 13.4 Å². The number of nitrogens with one attached hydrogen (secondary N) is 1. The number of hydrogen-bond acceptors (Lipinski definition) is 8. The summed E-state index contributed by atoms with van der Waals surface area (Å²) < 4.78 is 70.5. The number of likely N-dealkylation sites (N-methyl/N-ethyl adjacent to an activating group) is 1. The number of benzene rings is 2. The van der Waals surface area contributed by atoms with Gasteiger partial charge in [-0.1, -0.05) is 35.3 Å². The Kier molecular flexibility index (Phi) is 12.9. The van der Waals surface area contributed by atoms with Crippen LogP contribution in [0.3, 0.4) is 0 Å². The number of sulfonamides is 1. The molecule has 1 amide bonds. The fraction of sp³-hybridized carbons (Fsp3) is 0.387. The zero-order chi connectivity index (χ0) is 33.8. The fourth-order valence-electron chi connectivity index (χ4n) is 4.42. The standard InChI is InChI=1S/C31H33Cl2F2N3O7S.H2O/c1-18(38(4)46(41,42)22-7-5-6-21(12-22)29(39)37(2)3)30(40)44-27(14-23-24(32)15-36-16-25(23)33)20-10-11-26(45-31(34)35)28(13-20)43-17-19-8-9-19;/h5-7,10-13,15-16,18-19,27,31H,8-9,14,17H2,1-4H3;1H2/t18-,27-;/m0./s1. The maximum absolute atomic E-state index is 13.6. The molecule has 1 aliphatic carbocycles. The molecule has 16 heteroatoms. The normalized spacial score (nSPS) is 14.3. The molecule has 3 aromatic rings. The van der Waals surface area contributed by atoms with Gasteiger partial charge in [0.15, 0.2) is 23.9 Å². The Morgan fingerprint density at radius 1 is 1.02 bits per heavy atom. The number of hydrogen-bond donors (Lipinski definition) is 0. The highest BCUT2D eigenvalue weighted by Gasteiger charge is 2.34. The number of esters is 1. The maximum atomic E-state index is 13.6. The second-order valence-electron chi connectivity index (χ2n) is 11.0. The predicted molar refractivity (Wildman–Crippen MR) is 168 cm³/mol. The summed E-state index contributed by atoms with van der Waals surface area (Å²) in [4.78, 5) is 29.9. The minimum atomic E-state index is -4.26. The van der Waals surface area contributed by atoms with Crippen molar-refractivity contribution in [1.29, 1.82) is 0 Å². The van der Waals surface area contributed by atoms with Crippen LogP contribution in [-0.4, -0.2) is 75.4 Å². The minimum Gasteiger partial charge on any atom is -0.870 e. The highest BCUT2D eigenvalue weighted by atomic mass is 35.5. The first-order valence-electron chi connectivity index (χ1n) is 14.2. The molecule has 0 bridgehead atoms. The SMILES string of the molecule is C[C@@H](C(=O)O[C@@H](Cc1c(Cl)c[nH+]cc1Cl)c1ccc(OC(F)F)c(OCC2CC2)c1)N(C)S(=O)(=O)c1cccc(C(=O)N(C)C)c1.[OH-]. The van der Waals surface area contributed by atoms with E-state index >= 15 is 0 Å². The molecular weight excluding hydrogens is 683 g/mol. The first-order chi connectivity index (χ1) is 21.7. The van der Waals surface area contributed by atoms with Gasteiger partial charge in [-0.2, -0.15) is 13.1 Å². The van der Waals surface area contributed by atoms with Gasteiger partial charge in [-0.15, -0.1) is 0 Å². The number of amides is 1. The van der Waals surface area contributed by atoms with E-state index in [1.807, 2.05) is 0 Å². The van der Waals surface area contributed by atoms with Gasteiger partial charge in [0.2, 0.25) is 10.0 Å². The van der Waals surface area contributed by atoms with Crippen LogP contribution in [0, 0.1) is 5.92 Å². The van der Waals surface area contributed by atoms with E-state index in [0.29, 0.717) is 23.7 Å². The summed E-state index contributed by atoms with van der Waals surface area (Å²) in [7, 11) is 0.0395. The fourth-order valence-corrected chi connectivity index (χ4v) is 6.31. The topological polar surface area (TPSA) is 147 Å². The highest BCUT2D eigenvalue weighted by molar-refractivity contribution is 7.89. The van der Waals surface area contributed by atoms with E-state index in [9.17, 15) is 26.8 Å². The molecule has 0 aliphatic heterocycles. The van der Waals surface area contributed by atoms with E-state index < -0.39 is 40.7 Å². The Balaban J connectivity index is 0.00000600. The summed E-state index contributed by atoms with van der Waals surface area (Å²) in [6.07, 6.45) is 3.74. The van der Waals surface area contributed by atoms with Crippen LogP contribution in [-0.2, 0) is 26.0 Å². The van der Waals surface area contributed by atoms with Crippen molar-refractivity contribution in [2.24, 2.45) is 5.92 Å². The molecule has 0 unspecified atom stereocenters. The number of aromatic nitrogens is 1. The van der Waals surface area contributed by atoms with Gasteiger partial charge in [0.25, 0.3) is 5.91 Å². The van der Waals surface area contributed by atoms with Gasteiger partial charge in [0.05, 0.1) is 11.5 Å². The molecule has 1 aliphatic rings. The molecule has 1 fully saturated rings. The van der Waals surface area contributed by atoms with E-state index in [1.54, 1.807) is 14.1 Å². The van der Waals surface area contributed by atoms with Crippen LogP contribution in [0.4, 0.5) is 8.78 Å². The number of carbonyl (C=O) groups excluding carboxylic acids is 2. The molecule has 256 valence electrons. The number of halogens is 4. The molecule has 11 nitrogen and oxygen atoms in total. The smallest absolute Gasteiger partial charge is 0.387 e. The molecule has 1 heterocycles. The summed E-state index contributed by atoms with van der Waals surface area (Å²) in [5, 5.41) is 0.493. The second-order valence-corrected chi connectivity index (χ2v) is 13.8. The maximum Gasteiger partial charge on any atom is 0.387 e. The molecular formula is C31H35Cl2F2N3O8S. The molecule has 4 rings (SSSR count). The number of aromatic amines is 1. The Bertz CT molecular complexity index is 1670. The molecule has 0 radical (unpaired) electrons. The summed E-state index contributed by atoms with van der Waals surface area (Å²) in [6.45, 7) is -1.45. The van der Waals surface area contributed by atoms with Crippen molar-refractivity contribution in [2.75, 3.05) is 27.7 Å². The molecule has 0 spiro atoms. The van der Waals surface area contributed by atoms with Crippen molar-refractivity contribution in [3.05, 3.63) is 81.6 Å². The lowest BCUT2D eigenvalue weighted by molar-refractivity contribution is -0.377. The number of nitrogens with zero attached hydrogens (tertiary/aromatic N) is 2. The van der Waals surface area contributed by atoms with Crippen LogP contribution in [0.1, 0.15) is 47.4 Å². The van der Waals surface area contributed by atoms with Gasteiger partial charge in [-0.3, -0.25) is 9.59 Å². The number of rotatable bonds is 14. The Hall–Kier alpha value is -3.56. The quantitative estimate of drug-likeness (QED) is 0.205. The average Bonchev–Trinajstić information content (AvgIpc) is 3.85. The average molecular weight is 719 g/mol.